The highest BCUT2D eigenvalue weighted by Crippen LogP contribution is 2.34. The van der Waals surface area contributed by atoms with Crippen LogP contribution < -0.4 is 0 Å². The van der Waals surface area contributed by atoms with Gasteiger partial charge in [-0.15, -0.1) is 0 Å². The van der Waals surface area contributed by atoms with Crippen molar-refractivity contribution in [2.75, 3.05) is 0 Å². The van der Waals surface area contributed by atoms with Gasteiger partial charge < -0.3 is 0 Å². The molecule has 0 aromatic carbocycles. The average Bonchev–Trinajstić information content (AvgIpc) is 2.26. The van der Waals surface area contributed by atoms with Gasteiger partial charge in [0.25, 0.3) is 0 Å². The average molecular weight is 216 g/mol. The van der Waals surface area contributed by atoms with Gasteiger partial charge in [-0.25, -0.2) is 0 Å². The Morgan fingerprint density at radius 2 is 2.00 bits per heavy atom. The van der Waals surface area contributed by atoms with Gasteiger partial charge in [0.2, 0.25) is 0 Å². The SMILES string of the molecule is CCCC1=CC(C)C(C(F)(F)F)=CC=C1. The van der Waals surface area contributed by atoms with E-state index in [1.54, 1.807) is 19.1 Å². The second-order valence-corrected chi connectivity index (χ2v) is 3.76. The van der Waals surface area contributed by atoms with Gasteiger partial charge in [0.1, 0.15) is 0 Å². The third-order valence-corrected chi connectivity index (χ3v) is 2.41. The molecule has 0 bridgehead atoms. The molecule has 1 aliphatic rings. The first kappa shape index (κ1) is 12.1. The summed E-state index contributed by atoms with van der Waals surface area (Å²) in [5.74, 6) is -0.554. The highest BCUT2D eigenvalue weighted by atomic mass is 19.4. The molecule has 1 rings (SSSR count). The third kappa shape index (κ3) is 3.26. The van der Waals surface area contributed by atoms with E-state index in [1.807, 2.05) is 6.92 Å². The Balaban J connectivity index is 2.90. The lowest BCUT2D eigenvalue weighted by atomic mass is 9.98. The maximum Gasteiger partial charge on any atom is 0.413 e. The van der Waals surface area contributed by atoms with Crippen molar-refractivity contribution in [3.63, 3.8) is 0 Å². The minimum Gasteiger partial charge on any atom is -0.166 e. The molecule has 0 aromatic rings. The van der Waals surface area contributed by atoms with Crippen LogP contribution in [-0.2, 0) is 0 Å². The lowest BCUT2D eigenvalue weighted by Crippen LogP contribution is -2.16. The monoisotopic (exact) mass is 216 g/mol. The standard InChI is InChI=1S/C12H15F3/c1-3-5-10-6-4-7-11(9(2)8-10)12(13,14)15/h4,6-9H,3,5H2,1-2H3. The molecule has 15 heavy (non-hydrogen) atoms. The second-order valence-electron chi connectivity index (χ2n) is 3.76. The molecule has 0 nitrogen and oxygen atoms in total. The summed E-state index contributed by atoms with van der Waals surface area (Å²) in [6, 6.07) is 0. The fourth-order valence-electron chi connectivity index (χ4n) is 1.70. The first-order chi connectivity index (χ1) is 6.95. The van der Waals surface area contributed by atoms with Crippen molar-refractivity contribution >= 4 is 0 Å². The molecule has 0 aliphatic heterocycles. The highest BCUT2D eigenvalue weighted by Gasteiger charge is 2.36. The molecule has 0 N–H and O–H groups in total. The maximum absolute atomic E-state index is 12.6. The van der Waals surface area contributed by atoms with Crippen molar-refractivity contribution in [2.24, 2.45) is 5.92 Å². The molecule has 1 aliphatic carbocycles. The van der Waals surface area contributed by atoms with E-state index in [9.17, 15) is 13.2 Å². The Bertz CT molecular complexity index is 305. The van der Waals surface area contributed by atoms with E-state index in [0.717, 1.165) is 18.4 Å². The van der Waals surface area contributed by atoms with Crippen LogP contribution in [0.5, 0.6) is 0 Å². The summed E-state index contributed by atoms with van der Waals surface area (Å²) < 4.78 is 37.7. The molecule has 0 radical (unpaired) electrons. The number of rotatable bonds is 2. The molecule has 84 valence electrons. The van der Waals surface area contributed by atoms with Crippen molar-refractivity contribution in [2.45, 2.75) is 32.9 Å². The van der Waals surface area contributed by atoms with Crippen molar-refractivity contribution in [3.05, 3.63) is 35.5 Å². The number of halogens is 3. The van der Waals surface area contributed by atoms with E-state index in [1.165, 1.54) is 12.2 Å². The molecule has 0 saturated heterocycles. The van der Waals surface area contributed by atoms with Crippen molar-refractivity contribution in [1.29, 1.82) is 0 Å². The highest BCUT2D eigenvalue weighted by molar-refractivity contribution is 5.34. The van der Waals surface area contributed by atoms with Crippen molar-refractivity contribution < 1.29 is 13.2 Å². The van der Waals surface area contributed by atoms with Crippen molar-refractivity contribution in [1.82, 2.24) is 0 Å². The Morgan fingerprint density at radius 3 is 2.53 bits per heavy atom. The third-order valence-electron chi connectivity index (χ3n) is 2.41. The Kier molecular flexibility index (Phi) is 3.77. The predicted octanol–water partition coefficient (Wildman–Crippen LogP) is 4.41. The van der Waals surface area contributed by atoms with E-state index >= 15 is 0 Å². The summed E-state index contributed by atoms with van der Waals surface area (Å²) >= 11 is 0. The number of allylic oxidation sites excluding steroid dienone is 6. The maximum atomic E-state index is 12.6. The number of hydrogen-bond donors (Lipinski definition) is 0. The lowest BCUT2D eigenvalue weighted by molar-refractivity contribution is -0.0965. The minimum absolute atomic E-state index is 0.468. The second kappa shape index (κ2) is 4.69. The Hall–Kier alpha value is -0.990. The van der Waals surface area contributed by atoms with Gasteiger partial charge in [-0.3, -0.25) is 0 Å². The molecule has 1 atom stereocenters. The van der Waals surface area contributed by atoms with Crippen molar-refractivity contribution in [3.8, 4) is 0 Å². The quantitative estimate of drug-likeness (QED) is 0.641. The molecule has 3 heteroatoms. The van der Waals surface area contributed by atoms with E-state index in [-0.39, 0.29) is 0 Å². The molecule has 1 unspecified atom stereocenters. The summed E-state index contributed by atoms with van der Waals surface area (Å²) in [5, 5.41) is 0. The zero-order chi connectivity index (χ0) is 11.5. The topological polar surface area (TPSA) is 0 Å². The molecular weight excluding hydrogens is 201 g/mol. The van der Waals surface area contributed by atoms with Gasteiger partial charge in [0.05, 0.1) is 0 Å². The van der Waals surface area contributed by atoms with Gasteiger partial charge in [-0.05, 0) is 6.42 Å². The lowest BCUT2D eigenvalue weighted by Gasteiger charge is -2.15. The van der Waals surface area contributed by atoms with Gasteiger partial charge in [0, 0.05) is 11.5 Å². The Labute approximate surface area is 88.2 Å². The van der Waals surface area contributed by atoms with Gasteiger partial charge >= 0.3 is 6.18 Å². The fraction of sp³-hybridized carbons (Fsp3) is 0.500. The summed E-state index contributed by atoms with van der Waals surface area (Å²) in [6.45, 7) is 3.60. The number of alkyl halides is 3. The molecule has 0 amide bonds. The van der Waals surface area contributed by atoms with E-state index in [4.69, 9.17) is 0 Å². The largest absolute Gasteiger partial charge is 0.413 e. The van der Waals surface area contributed by atoms with Gasteiger partial charge in [-0.2, -0.15) is 13.2 Å². The van der Waals surface area contributed by atoms with Crippen LogP contribution in [0.2, 0.25) is 0 Å². The molecule has 0 saturated carbocycles. The Morgan fingerprint density at radius 1 is 1.33 bits per heavy atom. The van der Waals surface area contributed by atoms with Crippen LogP contribution in [0.4, 0.5) is 13.2 Å². The summed E-state index contributed by atoms with van der Waals surface area (Å²) in [4.78, 5) is 0. The van der Waals surface area contributed by atoms with E-state index < -0.39 is 17.7 Å². The zero-order valence-electron chi connectivity index (χ0n) is 8.93. The van der Waals surface area contributed by atoms with Gasteiger partial charge in [0.15, 0.2) is 0 Å². The van der Waals surface area contributed by atoms with Crippen LogP contribution in [0.15, 0.2) is 35.5 Å². The summed E-state index contributed by atoms with van der Waals surface area (Å²) in [7, 11) is 0. The van der Waals surface area contributed by atoms with Crippen LogP contribution >= 0.6 is 0 Å². The first-order valence-corrected chi connectivity index (χ1v) is 5.11. The van der Waals surface area contributed by atoms with Gasteiger partial charge in [-0.1, -0.05) is 50.1 Å². The molecule has 0 fully saturated rings. The fourth-order valence-corrected chi connectivity index (χ4v) is 1.70. The van der Waals surface area contributed by atoms with E-state index in [0.29, 0.717) is 0 Å². The summed E-state index contributed by atoms with van der Waals surface area (Å²) in [6.07, 6.45) is 3.69. The zero-order valence-corrected chi connectivity index (χ0v) is 8.93. The normalized spacial score (nSPS) is 22.1. The van der Waals surface area contributed by atoms with Crippen LogP contribution in [0, 0.1) is 5.92 Å². The van der Waals surface area contributed by atoms with Crippen LogP contribution in [0.1, 0.15) is 26.7 Å². The molecule has 0 aromatic heterocycles. The summed E-state index contributed by atoms with van der Waals surface area (Å²) in [5.41, 5.74) is 0.519. The molecular formula is C12H15F3. The first-order valence-electron chi connectivity index (χ1n) is 5.11. The van der Waals surface area contributed by atoms with Crippen LogP contribution in [0.3, 0.4) is 0 Å². The van der Waals surface area contributed by atoms with E-state index in [2.05, 4.69) is 0 Å². The van der Waals surface area contributed by atoms with Crippen LogP contribution in [-0.4, -0.2) is 6.18 Å². The number of hydrogen-bond acceptors (Lipinski definition) is 0. The molecule has 0 heterocycles. The predicted molar refractivity (Wildman–Crippen MR) is 55.4 cm³/mol. The molecule has 0 spiro atoms. The van der Waals surface area contributed by atoms with Crippen LogP contribution in [0.25, 0.3) is 0 Å². The smallest absolute Gasteiger partial charge is 0.166 e. The minimum atomic E-state index is -4.22.